The molecule has 0 radical (unpaired) electrons. The lowest BCUT2D eigenvalue weighted by Crippen LogP contribution is -2.46. The van der Waals surface area contributed by atoms with Crippen molar-refractivity contribution >= 4 is 23.2 Å². The molecule has 3 aromatic rings. The first-order valence-corrected chi connectivity index (χ1v) is 10.6. The second-order valence-corrected chi connectivity index (χ2v) is 7.73. The third-order valence-electron chi connectivity index (χ3n) is 5.61. The number of hydrogen-bond acceptors (Lipinski definition) is 10. The molecule has 4 heterocycles. The van der Waals surface area contributed by atoms with Crippen molar-refractivity contribution in [3.8, 4) is 11.5 Å². The average molecular weight is 448 g/mol. The number of amides is 1. The zero-order valence-electron chi connectivity index (χ0n) is 17.9. The van der Waals surface area contributed by atoms with Crippen LogP contribution in [0.3, 0.4) is 0 Å². The van der Waals surface area contributed by atoms with Gasteiger partial charge >= 0.3 is 0 Å². The molecule has 1 saturated heterocycles. The van der Waals surface area contributed by atoms with Gasteiger partial charge in [-0.2, -0.15) is 0 Å². The largest absolute Gasteiger partial charge is 0.454 e. The summed E-state index contributed by atoms with van der Waals surface area (Å²) in [6.07, 6.45) is 4.54. The van der Waals surface area contributed by atoms with Gasteiger partial charge in [-0.25, -0.2) is 9.97 Å². The summed E-state index contributed by atoms with van der Waals surface area (Å²) in [4.78, 5) is 29.2. The summed E-state index contributed by atoms with van der Waals surface area (Å²) < 4.78 is 10.9. The van der Waals surface area contributed by atoms with Crippen LogP contribution in [0.2, 0.25) is 0 Å². The number of benzene rings is 1. The van der Waals surface area contributed by atoms with Crippen LogP contribution in [-0.4, -0.2) is 58.7 Å². The van der Waals surface area contributed by atoms with Crippen LogP contribution in [0.5, 0.6) is 11.5 Å². The number of nitrogens with zero attached hydrogens (tertiary/aromatic N) is 5. The fourth-order valence-corrected chi connectivity index (χ4v) is 3.84. The van der Waals surface area contributed by atoms with Crippen LogP contribution in [0, 0.1) is 0 Å². The smallest absolute Gasteiger partial charge is 0.269 e. The number of nitrogen functional groups attached to an aromatic ring is 1. The maximum absolute atomic E-state index is 12.2. The Morgan fingerprint density at radius 2 is 1.82 bits per heavy atom. The zero-order valence-corrected chi connectivity index (χ0v) is 17.9. The van der Waals surface area contributed by atoms with Gasteiger partial charge in [0.25, 0.3) is 5.91 Å². The SMILES string of the molecule is Nc1c(NNC(=O)c2ccncc2)ncnc1N1CCN(Cc2ccc3c(c2)OCO3)CC1. The van der Waals surface area contributed by atoms with Crippen LogP contribution in [0.15, 0.2) is 49.1 Å². The minimum absolute atomic E-state index is 0.280. The summed E-state index contributed by atoms with van der Waals surface area (Å²) in [5, 5.41) is 0. The molecule has 2 aromatic heterocycles. The van der Waals surface area contributed by atoms with Gasteiger partial charge in [0.2, 0.25) is 6.79 Å². The number of hydrogen-bond donors (Lipinski definition) is 3. The molecule has 5 rings (SSSR count). The molecule has 1 amide bonds. The molecule has 2 aliphatic heterocycles. The van der Waals surface area contributed by atoms with E-state index in [4.69, 9.17) is 15.2 Å². The Kier molecular flexibility index (Phi) is 5.77. The summed E-state index contributed by atoms with van der Waals surface area (Å²) in [6, 6.07) is 9.30. The molecule has 11 heteroatoms. The number of fused-ring (bicyclic) bond motifs is 1. The minimum Gasteiger partial charge on any atom is -0.454 e. The number of aromatic nitrogens is 3. The number of carbonyl (C=O) groups excluding carboxylic acids is 1. The predicted molar refractivity (Wildman–Crippen MR) is 122 cm³/mol. The highest BCUT2D eigenvalue weighted by Crippen LogP contribution is 2.33. The van der Waals surface area contributed by atoms with E-state index < -0.39 is 0 Å². The topological polar surface area (TPSA) is 131 Å². The normalized spacial score (nSPS) is 15.3. The highest BCUT2D eigenvalue weighted by atomic mass is 16.7. The van der Waals surface area contributed by atoms with Crippen molar-refractivity contribution in [3.63, 3.8) is 0 Å². The first-order valence-electron chi connectivity index (χ1n) is 10.6. The van der Waals surface area contributed by atoms with Crippen LogP contribution < -0.4 is 31.0 Å². The van der Waals surface area contributed by atoms with Gasteiger partial charge in [0.15, 0.2) is 23.1 Å². The van der Waals surface area contributed by atoms with Crippen LogP contribution in [0.4, 0.5) is 17.3 Å². The summed E-state index contributed by atoms with van der Waals surface area (Å²) in [5.74, 6) is 2.29. The van der Waals surface area contributed by atoms with Crippen LogP contribution >= 0.6 is 0 Å². The number of anilines is 3. The number of pyridine rings is 1. The minimum atomic E-state index is -0.311. The lowest BCUT2D eigenvalue weighted by molar-refractivity contribution is 0.0962. The summed E-state index contributed by atoms with van der Waals surface area (Å²) in [6.45, 7) is 4.38. The van der Waals surface area contributed by atoms with Crippen molar-refractivity contribution in [2.24, 2.45) is 0 Å². The molecule has 0 atom stereocenters. The second-order valence-electron chi connectivity index (χ2n) is 7.73. The van der Waals surface area contributed by atoms with Crippen molar-refractivity contribution in [2.45, 2.75) is 6.54 Å². The number of rotatable bonds is 6. The van der Waals surface area contributed by atoms with Gasteiger partial charge < -0.3 is 20.1 Å². The van der Waals surface area contributed by atoms with E-state index in [1.54, 1.807) is 24.5 Å². The lowest BCUT2D eigenvalue weighted by Gasteiger charge is -2.36. The quantitative estimate of drug-likeness (QED) is 0.474. The van der Waals surface area contributed by atoms with Crippen LogP contribution in [0.25, 0.3) is 0 Å². The molecule has 2 aliphatic rings. The molecule has 0 unspecified atom stereocenters. The molecule has 0 saturated carbocycles. The Labute approximate surface area is 190 Å². The van der Waals surface area contributed by atoms with Gasteiger partial charge in [-0.15, -0.1) is 0 Å². The molecule has 0 spiro atoms. The molecule has 33 heavy (non-hydrogen) atoms. The molecular weight excluding hydrogens is 424 g/mol. The molecular formula is C22H24N8O3. The lowest BCUT2D eigenvalue weighted by atomic mass is 10.1. The number of piperazine rings is 1. The van der Waals surface area contributed by atoms with E-state index in [1.165, 1.54) is 11.9 Å². The number of hydrazine groups is 1. The van der Waals surface area contributed by atoms with E-state index in [9.17, 15) is 4.79 Å². The maximum atomic E-state index is 12.2. The summed E-state index contributed by atoms with van der Waals surface area (Å²) >= 11 is 0. The Balaban J connectivity index is 1.18. The number of nitrogens with one attached hydrogen (secondary N) is 2. The van der Waals surface area contributed by atoms with Gasteiger partial charge in [0, 0.05) is 50.7 Å². The van der Waals surface area contributed by atoms with Gasteiger partial charge in [-0.3, -0.25) is 25.5 Å². The van der Waals surface area contributed by atoms with Crippen molar-refractivity contribution in [3.05, 3.63) is 60.2 Å². The molecule has 4 N–H and O–H groups in total. The van der Waals surface area contributed by atoms with E-state index >= 15 is 0 Å². The first-order chi connectivity index (χ1) is 16.2. The van der Waals surface area contributed by atoms with Crippen molar-refractivity contribution in [2.75, 3.05) is 49.0 Å². The second kappa shape index (κ2) is 9.17. The molecule has 11 nitrogen and oxygen atoms in total. The van der Waals surface area contributed by atoms with Crippen molar-refractivity contribution in [1.29, 1.82) is 0 Å². The Bertz CT molecular complexity index is 1140. The molecule has 1 fully saturated rings. The molecule has 1 aromatic carbocycles. The van der Waals surface area contributed by atoms with Crippen LogP contribution in [-0.2, 0) is 6.54 Å². The zero-order chi connectivity index (χ0) is 22.6. The molecule has 0 bridgehead atoms. The fraction of sp³-hybridized carbons (Fsp3) is 0.273. The van der Waals surface area contributed by atoms with E-state index in [0.29, 0.717) is 22.9 Å². The summed E-state index contributed by atoms with van der Waals surface area (Å²) in [7, 11) is 0. The van der Waals surface area contributed by atoms with E-state index in [-0.39, 0.29) is 12.7 Å². The third kappa shape index (κ3) is 4.58. The number of ether oxygens (including phenoxy) is 2. The Morgan fingerprint density at radius 1 is 1.03 bits per heavy atom. The number of nitrogens with two attached hydrogens (primary N) is 1. The molecule has 170 valence electrons. The highest BCUT2D eigenvalue weighted by molar-refractivity contribution is 5.95. The van der Waals surface area contributed by atoms with E-state index in [0.717, 1.165) is 44.2 Å². The first kappa shape index (κ1) is 20.8. The standard InChI is InChI=1S/C22H24N8O3/c23-19-20(27-28-22(31)16-3-5-24-6-4-16)25-13-26-21(19)30-9-7-29(8-10-30)12-15-1-2-17-18(11-15)33-14-32-17/h1-6,11,13H,7-10,12,14,23H2,(H,28,31)(H,25,26,27). The third-order valence-corrected chi connectivity index (χ3v) is 5.61. The summed E-state index contributed by atoms with van der Waals surface area (Å²) in [5.41, 5.74) is 13.8. The Hall–Kier alpha value is -4.12. The fourth-order valence-electron chi connectivity index (χ4n) is 3.84. The van der Waals surface area contributed by atoms with E-state index in [2.05, 4.69) is 41.7 Å². The highest BCUT2D eigenvalue weighted by Gasteiger charge is 2.22. The van der Waals surface area contributed by atoms with Crippen molar-refractivity contribution in [1.82, 2.24) is 25.3 Å². The van der Waals surface area contributed by atoms with Crippen molar-refractivity contribution < 1.29 is 14.3 Å². The average Bonchev–Trinajstić information content (AvgIpc) is 3.32. The van der Waals surface area contributed by atoms with E-state index in [1.807, 2.05) is 12.1 Å². The van der Waals surface area contributed by atoms with Gasteiger partial charge in [0.1, 0.15) is 12.0 Å². The predicted octanol–water partition coefficient (Wildman–Crippen LogP) is 1.26. The monoisotopic (exact) mass is 448 g/mol. The van der Waals surface area contributed by atoms with Gasteiger partial charge in [-0.1, -0.05) is 6.07 Å². The number of carbonyl (C=O) groups is 1. The van der Waals surface area contributed by atoms with Gasteiger partial charge in [-0.05, 0) is 29.8 Å². The molecule has 0 aliphatic carbocycles. The maximum Gasteiger partial charge on any atom is 0.269 e. The van der Waals surface area contributed by atoms with Crippen LogP contribution in [0.1, 0.15) is 15.9 Å². The Morgan fingerprint density at radius 3 is 2.64 bits per heavy atom. The van der Waals surface area contributed by atoms with Gasteiger partial charge in [0.05, 0.1) is 0 Å².